The van der Waals surface area contributed by atoms with E-state index < -0.39 is 0 Å². The topological polar surface area (TPSA) is 32.8 Å². The van der Waals surface area contributed by atoms with Crippen LogP contribution in [0.15, 0.2) is 312 Å². The molecule has 4 nitrogen and oxygen atoms in total. The number of hydrogen-bond acceptors (Lipinski definition) is 4. The minimum absolute atomic E-state index is 0.815. The SMILES string of the molecule is c1ccc(-c2oc3cc(N(c4ccc5ccccc5c4)c4cc5c6ccccc6c(N(c6ccc7ccccc7c6)c6ccc7c(-c8ccccc8)c(-c8ccccc8)oc7c6)cc5c5ccccc45)ccc3c2-c2ccccc2)cc1. The summed E-state index contributed by atoms with van der Waals surface area (Å²) in [6, 6.07) is 109. The number of fused-ring (bicyclic) bond motifs is 9. The Bertz CT molecular complexity index is 4780. The second kappa shape index (κ2) is 19.5. The maximum Gasteiger partial charge on any atom is 0.143 e. The molecule has 82 heavy (non-hydrogen) atoms. The molecule has 0 atom stereocenters. The highest BCUT2D eigenvalue weighted by molar-refractivity contribution is 6.25. The van der Waals surface area contributed by atoms with Crippen LogP contribution in [0.5, 0.6) is 0 Å². The van der Waals surface area contributed by atoms with Crippen LogP contribution in [0, 0.1) is 0 Å². The molecule has 0 saturated carbocycles. The molecule has 0 fully saturated rings. The number of rotatable bonds is 10. The molecule has 0 N–H and O–H groups in total. The summed E-state index contributed by atoms with van der Waals surface area (Å²) in [5.74, 6) is 1.70. The lowest BCUT2D eigenvalue weighted by molar-refractivity contribution is 0.632. The van der Waals surface area contributed by atoms with Crippen LogP contribution in [0.4, 0.5) is 34.1 Å². The van der Waals surface area contributed by atoms with Crippen LogP contribution < -0.4 is 9.80 Å². The van der Waals surface area contributed by atoms with Gasteiger partial charge < -0.3 is 18.6 Å². The Hall–Kier alpha value is -10.9. The Morgan fingerprint density at radius 2 is 0.524 bits per heavy atom. The second-order valence-corrected chi connectivity index (χ2v) is 21.1. The standard InChI is InChI=1S/C78H50N2O2/c1-5-23-53(24-6-1)75-67-43-41-61(47-73(67)81-77(75)55-27-9-3-10-28-55)79(59-39-37-51-21-13-15-31-57(51)45-59)71-49-69-64-34-18-20-36-66(64)72(50-70(69)63-33-17-19-35-65(63)71)80(60-40-38-52-22-14-16-32-58(52)46-60)62-42-44-68-74(48-62)82-78(56-29-11-4-12-30-56)76(68)54-25-7-2-8-26-54/h1-50H. The first kappa shape index (κ1) is 47.1. The number of anilines is 6. The summed E-state index contributed by atoms with van der Waals surface area (Å²) in [7, 11) is 0. The molecule has 0 aliphatic rings. The molecule has 16 rings (SSSR count). The van der Waals surface area contributed by atoms with Gasteiger partial charge in [0.15, 0.2) is 0 Å². The van der Waals surface area contributed by atoms with Crippen molar-refractivity contribution in [3.05, 3.63) is 303 Å². The fourth-order valence-electron chi connectivity index (χ4n) is 12.6. The summed E-state index contributed by atoms with van der Waals surface area (Å²) in [6.45, 7) is 0. The van der Waals surface area contributed by atoms with E-state index in [1.165, 1.54) is 10.8 Å². The number of furan rings is 2. The predicted molar refractivity (Wildman–Crippen MR) is 345 cm³/mol. The highest BCUT2D eigenvalue weighted by Crippen LogP contribution is 2.51. The van der Waals surface area contributed by atoms with Gasteiger partial charge in [0.2, 0.25) is 0 Å². The van der Waals surface area contributed by atoms with Crippen molar-refractivity contribution in [3.63, 3.8) is 0 Å². The zero-order valence-corrected chi connectivity index (χ0v) is 44.6. The molecule has 0 saturated heterocycles. The average molecular weight is 1050 g/mol. The van der Waals surface area contributed by atoms with Crippen molar-refractivity contribution in [2.24, 2.45) is 0 Å². The number of hydrogen-bond donors (Lipinski definition) is 0. The molecule has 0 radical (unpaired) electrons. The summed E-state index contributed by atoms with van der Waals surface area (Å²) in [5, 5.41) is 13.6. The van der Waals surface area contributed by atoms with Gasteiger partial charge in [-0.15, -0.1) is 0 Å². The normalized spacial score (nSPS) is 11.7. The lowest BCUT2D eigenvalue weighted by atomic mass is 9.93. The first-order valence-electron chi connectivity index (χ1n) is 28.0. The van der Waals surface area contributed by atoms with Crippen LogP contribution in [0.3, 0.4) is 0 Å². The Balaban J connectivity index is 0.938. The van der Waals surface area contributed by atoms with Gasteiger partial charge in [-0.2, -0.15) is 0 Å². The van der Waals surface area contributed by atoms with Crippen molar-refractivity contribution in [3.8, 4) is 44.9 Å². The van der Waals surface area contributed by atoms with Gasteiger partial charge in [0.25, 0.3) is 0 Å². The van der Waals surface area contributed by atoms with Crippen LogP contribution in [0.1, 0.15) is 0 Å². The molecule has 0 spiro atoms. The van der Waals surface area contributed by atoms with E-state index in [1.54, 1.807) is 0 Å². The van der Waals surface area contributed by atoms with E-state index in [4.69, 9.17) is 8.83 Å². The Kier molecular flexibility index (Phi) is 11.2. The van der Waals surface area contributed by atoms with Crippen LogP contribution in [0.2, 0.25) is 0 Å². The molecule has 0 amide bonds. The largest absolute Gasteiger partial charge is 0.455 e. The third-order valence-electron chi connectivity index (χ3n) is 16.4. The van der Waals surface area contributed by atoms with Gasteiger partial charge in [-0.25, -0.2) is 0 Å². The van der Waals surface area contributed by atoms with Gasteiger partial charge in [0.05, 0.1) is 11.4 Å². The monoisotopic (exact) mass is 1050 g/mol. The van der Waals surface area contributed by atoms with Crippen LogP contribution in [-0.2, 0) is 0 Å². The van der Waals surface area contributed by atoms with Gasteiger partial charge in [0, 0.05) is 78.7 Å². The maximum atomic E-state index is 7.05. The van der Waals surface area contributed by atoms with Crippen LogP contribution >= 0.6 is 0 Å². The summed E-state index contributed by atoms with van der Waals surface area (Å²) in [5.41, 5.74) is 14.3. The van der Waals surface area contributed by atoms with E-state index in [0.717, 1.165) is 144 Å². The van der Waals surface area contributed by atoms with Crippen molar-refractivity contribution in [2.75, 3.05) is 9.80 Å². The summed E-state index contributed by atoms with van der Waals surface area (Å²) in [6.07, 6.45) is 0. The molecule has 4 heteroatoms. The molecule has 14 aromatic carbocycles. The molecule has 0 aliphatic heterocycles. The fourth-order valence-corrected chi connectivity index (χ4v) is 12.6. The first-order valence-corrected chi connectivity index (χ1v) is 28.0. The zero-order valence-electron chi connectivity index (χ0n) is 44.6. The van der Waals surface area contributed by atoms with Gasteiger partial charge in [-0.1, -0.05) is 231 Å². The lowest BCUT2D eigenvalue weighted by Crippen LogP contribution is -2.12. The number of benzene rings is 14. The van der Waals surface area contributed by atoms with E-state index in [0.29, 0.717) is 0 Å². The van der Waals surface area contributed by atoms with E-state index in [-0.39, 0.29) is 0 Å². The Morgan fingerprint density at radius 1 is 0.207 bits per heavy atom. The third kappa shape index (κ3) is 7.91. The summed E-state index contributed by atoms with van der Waals surface area (Å²) >= 11 is 0. The van der Waals surface area contributed by atoms with Gasteiger partial charge in [-0.05, 0) is 115 Å². The minimum atomic E-state index is 0.815. The molecule has 384 valence electrons. The quantitative estimate of drug-likeness (QED) is 0.128. The van der Waals surface area contributed by atoms with E-state index >= 15 is 0 Å². The van der Waals surface area contributed by atoms with Crippen molar-refractivity contribution < 1.29 is 8.83 Å². The first-order chi connectivity index (χ1) is 40.7. The highest BCUT2D eigenvalue weighted by Gasteiger charge is 2.26. The van der Waals surface area contributed by atoms with Crippen molar-refractivity contribution in [1.82, 2.24) is 0 Å². The van der Waals surface area contributed by atoms with Crippen molar-refractivity contribution in [1.29, 1.82) is 0 Å². The Morgan fingerprint density at radius 3 is 0.927 bits per heavy atom. The molecule has 16 aromatic rings. The maximum absolute atomic E-state index is 7.05. The minimum Gasteiger partial charge on any atom is -0.455 e. The van der Waals surface area contributed by atoms with Crippen LogP contribution in [-0.4, -0.2) is 0 Å². The van der Waals surface area contributed by atoms with Crippen molar-refractivity contribution >= 4 is 110 Å². The smallest absolute Gasteiger partial charge is 0.143 e. The van der Waals surface area contributed by atoms with E-state index in [2.05, 4.69) is 313 Å². The molecule has 0 unspecified atom stereocenters. The summed E-state index contributed by atoms with van der Waals surface area (Å²) in [4.78, 5) is 4.85. The summed E-state index contributed by atoms with van der Waals surface area (Å²) < 4.78 is 14.1. The molecule has 2 heterocycles. The molecule has 0 bridgehead atoms. The van der Waals surface area contributed by atoms with E-state index in [9.17, 15) is 0 Å². The highest BCUT2D eigenvalue weighted by atomic mass is 16.3. The number of nitrogens with zero attached hydrogens (tertiary/aromatic N) is 2. The predicted octanol–water partition coefficient (Wildman–Crippen LogP) is 22.6. The van der Waals surface area contributed by atoms with Gasteiger partial charge in [-0.3, -0.25) is 0 Å². The molecular formula is C78H50N2O2. The zero-order chi connectivity index (χ0) is 54.1. The molecule has 2 aromatic heterocycles. The third-order valence-corrected chi connectivity index (χ3v) is 16.4. The lowest BCUT2D eigenvalue weighted by Gasteiger charge is -2.30. The van der Waals surface area contributed by atoms with Crippen molar-refractivity contribution in [2.45, 2.75) is 0 Å². The molecule has 0 aliphatic carbocycles. The van der Waals surface area contributed by atoms with E-state index in [1.807, 2.05) is 0 Å². The van der Waals surface area contributed by atoms with Crippen LogP contribution in [0.25, 0.3) is 121 Å². The van der Waals surface area contributed by atoms with Gasteiger partial charge >= 0.3 is 0 Å². The fraction of sp³-hybridized carbons (Fsp3) is 0. The van der Waals surface area contributed by atoms with Gasteiger partial charge in [0.1, 0.15) is 22.7 Å². The average Bonchev–Trinajstić information content (AvgIpc) is 3.85. The molecular weight excluding hydrogens is 997 g/mol. The Labute approximate surface area is 474 Å². The second-order valence-electron chi connectivity index (χ2n) is 21.1.